The minimum absolute atomic E-state index is 0.0155. The number of methoxy groups -OCH3 is 2. The van der Waals surface area contributed by atoms with Crippen molar-refractivity contribution >= 4 is 5.97 Å². The van der Waals surface area contributed by atoms with E-state index in [-0.39, 0.29) is 6.42 Å². The number of hydrogen-bond acceptors (Lipinski definition) is 5. The molecule has 2 rings (SSSR count). The highest BCUT2D eigenvalue weighted by molar-refractivity contribution is 5.67. The van der Waals surface area contributed by atoms with E-state index in [9.17, 15) is 4.79 Å². The molecule has 1 heterocycles. The summed E-state index contributed by atoms with van der Waals surface area (Å²) in [6.07, 6.45) is 1.96. The molecule has 0 saturated heterocycles. The Hall–Kier alpha value is -2.63. The summed E-state index contributed by atoms with van der Waals surface area (Å²) in [5.74, 6) is 0.811. The van der Waals surface area contributed by atoms with Gasteiger partial charge >= 0.3 is 5.97 Å². The minimum Gasteiger partial charge on any atom is -0.497 e. The van der Waals surface area contributed by atoms with Gasteiger partial charge in [0.15, 0.2) is 5.82 Å². The third kappa shape index (κ3) is 3.68. The first-order valence-corrected chi connectivity index (χ1v) is 6.40. The summed E-state index contributed by atoms with van der Waals surface area (Å²) >= 11 is 0. The number of aromatic nitrogens is 2. The highest BCUT2D eigenvalue weighted by Gasteiger charge is 2.11. The van der Waals surface area contributed by atoms with E-state index in [0.29, 0.717) is 23.7 Å². The first kappa shape index (κ1) is 14.8. The van der Waals surface area contributed by atoms with Crippen LogP contribution >= 0.6 is 0 Å². The van der Waals surface area contributed by atoms with E-state index in [1.54, 1.807) is 13.3 Å². The normalized spacial score (nSPS) is 10.2. The topological polar surface area (TPSA) is 81.5 Å². The van der Waals surface area contributed by atoms with E-state index in [4.69, 9.17) is 14.6 Å². The third-order valence-corrected chi connectivity index (χ3v) is 2.97. The van der Waals surface area contributed by atoms with Gasteiger partial charge in [-0.2, -0.15) is 4.98 Å². The average molecular weight is 288 g/mol. The maximum absolute atomic E-state index is 10.6. The van der Waals surface area contributed by atoms with Crippen LogP contribution in [0.1, 0.15) is 12.0 Å². The Labute approximate surface area is 122 Å². The van der Waals surface area contributed by atoms with Crippen LogP contribution in [0.2, 0.25) is 0 Å². The lowest BCUT2D eigenvalue weighted by atomic mass is 10.1. The quantitative estimate of drug-likeness (QED) is 0.877. The van der Waals surface area contributed by atoms with Crippen LogP contribution in [-0.2, 0) is 11.2 Å². The monoisotopic (exact) mass is 288 g/mol. The number of rotatable bonds is 6. The molecule has 0 atom stereocenters. The fourth-order valence-electron chi connectivity index (χ4n) is 1.86. The van der Waals surface area contributed by atoms with Crippen molar-refractivity contribution in [1.29, 1.82) is 0 Å². The minimum atomic E-state index is -0.865. The number of carboxylic acids is 1. The number of carboxylic acid groups (broad SMARTS) is 1. The number of aliphatic carboxylic acids is 1. The largest absolute Gasteiger partial charge is 0.497 e. The standard InChI is InChI=1S/C15H16N2O4/c1-20-12-6-3-10(4-7-12)14-16-9-11(5-8-13(18)19)15(17-14)21-2/h3-4,6-7,9H,5,8H2,1-2H3,(H,18,19). The zero-order valence-corrected chi connectivity index (χ0v) is 11.9. The zero-order chi connectivity index (χ0) is 15.2. The van der Waals surface area contributed by atoms with Gasteiger partial charge in [-0.3, -0.25) is 4.79 Å². The molecule has 6 heteroatoms. The number of benzene rings is 1. The summed E-state index contributed by atoms with van der Waals surface area (Å²) in [6, 6.07) is 7.35. The maximum atomic E-state index is 10.6. The molecule has 6 nitrogen and oxygen atoms in total. The fraction of sp³-hybridized carbons (Fsp3) is 0.267. The summed E-state index contributed by atoms with van der Waals surface area (Å²) in [5.41, 5.74) is 1.51. The smallest absolute Gasteiger partial charge is 0.303 e. The van der Waals surface area contributed by atoms with E-state index in [1.807, 2.05) is 24.3 Å². The Morgan fingerprint density at radius 3 is 2.48 bits per heavy atom. The number of carbonyl (C=O) groups is 1. The van der Waals surface area contributed by atoms with Gasteiger partial charge in [0.25, 0.3) is 0 Å². The third-order valence-electron chi connectivity index (χ3n) is 2.97. The van der Waals surface area contributed by atoms with Crippen molar-refractivity contribution in [3.8, 4) is 23.0 Å². The van der Waals surface area contributed by atoms with Crippen LogP contribution < -0.4 is 9.47 Å². The summed E-state index contributed by atoms with van der Waals surface area (Å²) in [7, 11) is 3.11. The molecule has 0 aliphatic heterocycles. The van der Waals surface area contributed by atoms with Crippen molar-refractivity contribution in [2.75, 3.05) is 14.2 Å². The van der Waals surface area contributed by atoms with Crippen LogP contribution in [0, 0.1) is 0 Å². The SMILES string of the molecule is COc1ccc(-c2ncc(CCC(=O)O)c(OC)n2)cc1. The van der Waals surface area contributed by atoms with E-state index >= 15 is 0 Å². The summed E-state index contributed by atoms with van der Waals surface area (Å²) in [4.78, 5) is 19.2. The molecule has 0 aliphatic rings. The van der Waals surface area contributed by atoms with E-state index < -0.39 is 5.97 Å². The molecule has 2 aromatic rings. The molecule has 0 radical (unpaired) electrons. The van der Waals surface area contributed by atoms with Gasteiger partial charge in [-0.1, -0.05) is 0 Å². The molecule has 0 spiro atoms. The second kappa shape index (κ2) is 6.69. The number of ether oxygens (including phenoxy) is 2. The van der Waals surface area contributed by atoms with Crippen LogP contribution in [0.5, 0.6) is 11.6 Å². The van der Waals surface area contributed by atoms with Gasteiger partial charge in [0.1, 0.15) is 5.75 Å². The fourth-order valence-corrected chi connectivity index (χ4v) is 1.86. The van der Waals surface area contributed by atoms with Crippen molar-refractivity contribution in [1.82, 2.24) is 9.97 Å². The van der Waals surface area contributed by atoms with Crippen LogP contribution in [0.3, 0.4) is 0 Å². The molecule has 0 bridgehead atoms. The van der Waals surface area contributed by atoms with Crippen LogP contribution in [0.15, 0.2) is 30.5 Å². The van der Waals surface area contributed by atoms with Crippen molar-refractivity contribution in [2.45, 2.75) is 12.8 Å². The molecular weight excluding hydrogens is 272 g/mol. The molecule has 110 valence electrons. The lowest BCUT2D eigenvalue weighted by Crippen LogP contribution is -2.03. The second-order valence-electron chi connectivity index (χ2n) is 4.35. The van der Waals surface area contributed by atoms with Crippen molar-refractivity contribution in [3.63, 3.8) is 0 Å². The second-order valence-corrected chi connectivity index (χ2v) is 4.35. The van der Waals surface area contributed by atoms with Gasteiger partial charge < -0.3 is 14.6 Å². The molecule has 0 amide bonds. The van der Waals surface area contributed by atoms with Crippen molar-refractivity contribution in [2.24, 2.45) is 0 Å². The predicted octanol–water partition coefficient (Wildman–Crippen LogP) is 2.18. The highest BCUT2D eigenvalue weighted by Crippen LogP contribution is 2.23. The van der Waals surface area contributed by atoms with Gasteiger partial charge in [-0.05, 0) is 30.7 Å². The van der Waals surface area contributed by atoms with Gasteiger partial charge in [0.2, 0.25) is 5.88 Å². The Balaban J connectivity index is 2.26. The van der Waals surface area contributed by atoms with Gasteiger partial charge in [-0.15, -0.1) is 0 Å². The summed E-state index contributed by atoms with van der Waals surface area (Å²) in [6.45, 7) is 0. The Kier molecular flexibility index (Phi) is 4.71. The molecule has 0 aliphatic carbocycles. The molecule has 1 aromatic carbocycles. The van der Waals surface area contributed by atoms with Gasteiger partial charge in [0.05, 0.1) is 14.2 Å². The Morgan fingerprint density at radius 2 is 1.90 bits per heavy atom. The summed E-state index contributed by atoms with van der Waals surface area (Å²) < 4.78 is 10.3. The number of hydrogen-bond donors (Lipinski definition) is 1. The number of aryl methyl sites for hydroxylation is 1. The van der Waals surface area contributed by atoms with Gasteiger partial charge in [-0.25, -0.2) is 4.98 Å². The zero-order valence-electron chi connectivity index (χ0n) is 11.9. The Bertz CT molecular complexity index is 626. The van der Waals surface area contributed by atoms with Crippen molar-refractivity contribution in [3.05, 3.63) is 36.0 Å². The molecule has 0 saturated carbocycles. The molecular formula is C15H16N2O4. The van der Waals surface area contributed by atoms with E-state index in [0.717, 1.165) is 11.3 Å². The lowest BCUT2D eigenvalue weighted by molar-refractivity contribution is -0.136. The average Bonchev–Trinajstić information content (AvgIpc) is 2.52. The highest BCUT2D eigenvalue weighted by atomic mass is 16.5. The maximum Gasteiger partial charge on any atom is 0.303 e. The predicted molar refractivity (Wildman–Crippen MR) is 76.5 cm³/mol. The molecule has 21 heavy (non-hydrogen) atoms. The first-order valence-electron chi connectivity index (χ1n) is 6.40. The molecule has 0 unspecified atom stereocenters. The van der Waals surface area contributed by atoms with Crippen LogP contribution in [-0.4, -0.2) is 35.3 Å². The van der Waals surface area contributed by atoms with Crippen LogP contribution in [0.25, 0.3) is 11.4 Å². The molecule has 0 fully saturated rings. The lowest BCUT2D eigenvalue weighted by Gasteiger charge is -2.08. The van der Waals surface area contributed by atoms with Gasteiger partial charge in [0, 0.05) is 23.7 Å². The van der Waals surface area contributed by atoms with E-state index in [2.05, 4.69) is 9.97 Å². The number of nitrogens with zero attached hydrogens (tertiary/aromatic N) is 2. The molecule has 1 N–H and O–H groups in total. The summed E-state index contributed by atoms with van der Waals surface area (Å²) in [5, 5.41) is 8.73. The van der Waals surface area contributed by atoms with Crippen LogP contribution in [0.4, 0.5) is 0 Å². The molecule has 1 aromatic heterocycles. The first-order chi connectivity index (χ1) is 10.1. The Morgan fingerprint density at radius 1 is 1.19 bits per heavy atom. The van der Waals surface area contributed by atoms with E-state index in [1.165, 1.54) is 7.11 Å². The van der Waals surface area contributed by atoms with Crippen molar-refractivity contribution < 1.29 is 19.4 Å².